The number of hydrogen-bond donors (Lipinski definition) is 1. The predicted molar refractivity (Wildman–Crippen MR) is 252 cm³/mol. The number of benzene rings is 7. The molecule has 0 fully saturated rings. The summed E-state index contributed by atoms with van der Waals surface area (Å²) < 4.78 is 0. The standard InChI is InChI=1S/C45H39N.C11H10/c1-5-15-42-34(6-2)21-14-22-41(42)33(4)28-40-29-38(24-23-32(40)3)39-25-26-45-44(31-39)43(36-18-8-7-9-19-36)30-37-20-11-10-16-35(37)17-12-13-27-46-45;1-9-6-7-10-4-2-3-5-11(10)8-9/h5-31,46H,2H2,1,3-4H3;2-8H,1H3/b15-5-,17-12-,27-13+,33-28+,43-30-;. The van der Waals surface area contributed by atoms with E-state index in [9.17, 15) is 0 Å². The highest BCUT2D eigenvalue weighted by Crippen LogP contribution is 2.37. The second kappa shape index (κ2) is 18.1. The molecule has 1 nitrogen and oxygen atoms in total. The first kappa shape index (κ1) is 38.3. The molecule has 7 aromatic rings. The molecule has 0 unspecified atom stereocenters. The summed E-state index contributed by atoms with van der Waals surface area (Å²) in [6.07, 6.45) is 19.1. The summed E-state index contributed by atoms with van der Waals surface area (Å²) in [6.45, 7) is 12.6. The molecule has 1 heterocycles. The minimum absolute atomic E-state index is 1.06. The fourth-order valence-corrected chi connectivity index (χ4v) is 7.36. The summed E-state index contributed by atoms with van der Waals surface area (Å²) in [5.41, 5.74) is 17.8. The van der Waals surface area contributed by atoms with Crippen LogP contribution in [0.15, 0.2) is 183 Å². The first-order chi connectivity index (χ1) is 27.9. The molecule has 0 amide bonds. The Morgan fingerprint density at radius 1 is 0.614 bits per heavy atom. The van der Waals surface area contributed by atoms with E-state index in [-0.39, 0.29) is 0 Å². The van der Waals surface area contributed by atoms with E-state index in [2.05, 4.69) is 234 Å². The molecule has 1 heteroatoms. The quantitative estimate of drug-likeness (QED) is 0.168. The van der Waals surface area contributed by atoms with Gasteiger partial charge in [-0.1, -0.05) is 182 Å². The van der Waals surface area contributed by atoms with Crippen molar-refractivity contribution in [1.29, 1.82) is 0 Å². The van der Waals surface area contributed by atoms with Gasteiger partial charge in [0.2, 0.25) is 0 Å². The molecule has 278 valence electrons. The largest absolute Gasteiger partial charge is 0.361 e. The molecule has 1 N–H and O–H groups in total. The smallest absolute Gasteiger partial charge is 0.0460 e. The maximum Gasteiger partial charge on any atom is 0.0460 e. The summed E-state index contributed by atoms with van der Waals surface area (Å²) >= 11 is 0. The Kier molecular flexibility index (Phi) is 12.2. The van der Waals surface area contributed by atoms with Crippen LogP contribution in [0.4, 0.5) is 5.69 Å². The van der Waals surface area contributed by atoms with Gasteiger partial charge in [-0.05, 0) is 136 Å². The van der Waals surface area contributed by atoms with Crippen molar-refractivity contribution in [3.63, 3.8) is 0 Å². The molecule has 0 aliphatic carbocycles. The lowest BCUT2D eigenvalue weighted by molar-refractivity contribution is 1.43. The van der Waals surface area contributed by atoms with Crippen LogP contribution in [0.1, 0.15) is 69.5 Å². The molecular weight excluding hydrogens is 687 g/mol. The van der Waals surface area contributed by atoms with E-state index < -0.39 is 0 Å². The van der Waals surface area contributed by atoms with Crippen LogP contribution in [0.25, 0.3) is 63.4 Å². The highest BCUT2D eigenvalue weighted by Gasteiger charge is 2.14. The lowest BCUT2D eigenvalue weighted by Crippen LogP contribution is -1.97. The van der Waals surface area contributed by atoms with Gasteiger partial charge < -0.3 is 5.32 Å². The number of aryl methyl sites for hydroxylation is 2. The molecule has 0 radical (unpaired) electrons. The third-order valence-electron chi connectivity index (χ3n) is 10.4. The third-order valence-corrected chi connectivity index (χ3v) is 10.4. The zero-order valence-corrected chi connectivity index (χ0v) is 33.3. The average Bonchev–Trinajstić information content (AvgIpc) is 3.28. The summed E-state index contributed by atoms with van der Waals surface area (Å²) in [6, 6.07) is 54.1. The zero-order chi connectivity index (χ0) is 39.6. The van der Waals surface area contributed by atoms with Gasteiger partial charge >= 0.3 is 0 Å². The third kappa shape index (κ3) is 9.13. The van der Waals surface area contributed by atoms with Crippen LogP contribution in [-0.4, -0.2) is 0 Å². The van der Waals surface area contributed by atoms with Gasteiger partial charge in [0.15, 0.2) is 0 Å². The van der Waals surface area contributed by atoms with Crippen LogP contribution in [0.3, 0.4) is 0 Å². The summed E-state index contributed by atoms with van der Waals surface area (Å²) in [4.78, 5) is 0. The fraction of sp³-hybridized carbons (Fsp3) is 0.0714. The van der Waals surface area contributed by atoms with Crippen LogP contribution in [-0.2, 0) is 0 Å². The Morgan fingerprint density at radius 3 is 2.16 bits per heavy atom. The van der Waals surface area contributed by atoms with Gasteiger partial charge in [0, 0.05) is 17.5 Å². The molecule has 0 aromatic heterocycles. The van der Waals surface area contributed by atoms with Gasteiger partial charge in [0.25, 0.3) is 0 Å². The number of rotatable bonds is 6. The van der Waals surface area contributed by atoms with Gasteiger partial charge in [0.05, 0.1) is 0 Å². The van der Waals surface area contributed by atoms with Gasteiger partial charge in [-0.15, -0.1) is 0 Å². The molecule has 1 aliphatic rings. The number of hydrogen-bond acceptors (Lipinski definition) is 1. The summed E-state index contributed by atoms with van der Waals surface area (Å²) in [5.74, 6) is 0. The van der Waals surface area contributed by atoms with Crippen molar-refractivity contribution in [3.05, 3.63) is 238 Å². The molecule has 0 saturated heterocycles. The van der Waals surface area contributed by atoms with Gasteiger partial charge in [-0.25, -0.2) is 0 Å². The van der Waals surface area contributed by atoms with E-state index in [4.69, 9.17) is 0 Å². The zero-order valence-electron chi connectivity index (χ0n) is 33.3. The molecule has 0 spiro atoms. The fourth-order valence-electron chi connectivity index (χ4n) is 7.36. The summed E-state index contributed by atoms with van der Waals surface area (Å²) in [5, 5.41) is 6.20. The van der Waals surface area contributed by atoms with Crippen LogP contribution in [0.2, 0.25) is 0 Å². The monoisotopic (exact) mass is 735 g/mol. The van der Waals surface area contributed by atoms with Crippen molar-refractivity contribution in [1.82, 2.24) is 0 Å². The van der Waals surface area contributed by atoms with Crippen LogP contribution in [0, 0.1) is 13.8 Å². The molecule has 8 rings (SSSR count). The Bertz CT molecular complexity index is 2700. The normalized spacial score (nSPS) is 14.5. The van der Waals surface area contributed by atoms with E-state index >= 15 is 0 Å². The number of anilines is 1. The number of nitrogens with one attached hydrogen (secondary N) is 1. The highest BCUT2D eigenvalue weighted by atomic mass is 14.8. The van der Waals surface area contributed by atoms with Gasteiger partial charge in [0.1, 0.15) is 0 Å². The Labute approximate surface area is 339 Å². The number of fused-ring (bicyclic) bond motifs is 3. The lowest BCUT2D eigenvalue weighted by Gasteiger charge is -2.17. The molecule has 1 aliphatic heterocycles. The van der Waals surface area contributed by atoms with Crippen molar-refractivity contribution in [2.75, 3.05) is 5.32 Å². The van der Waals surface area contributed by atoms with Crippen molar-refractivity contribution < 1.29 is 0 Å². The minimum atomic E-state index is 1.06. The van der Waals surface area contributed by atoms with Gasteiger partial charge in [-0.2, -0.15) is 0 Å². The molecule has 57 heavy (non-hydrogen) atoms. The number of allylic oxidation sites excluding steroid dienone is 4. The Balaban J connectivity index is 0.000000386. The van der Waals surface area contributed by atoms with E-state index in [1.807, 2.05) is 12.3 Å². The van der Waals surface area contributed by atoms with E-state index in [1.165, 1.54) is 77.6 Å². The molecular formula is C56H49N. The topological polar surface area (TPSA) is 12.0 Å². The first-order valence-corrected chi connectivity index (χ1v) is 19.7. The Hall–Kier alpha value is -6.96. The minimum Gasteiger partial charge on any atom is -0.361 e. The van der Waals surface area contributed by atoms with Crippen LogP contribution >= 0.6 is 0 Å². The predicted octanol–water partition coefficient (Wildman–Crippen LogP) is 15.6. The van der Waals surface area contributed by atoms with Crippen molar-refractivity contribution in [3.8, 4) is 11.1 Å². The molecule has 7 aromatic carbocycles. The van der Waals surface area contributed by atoms with Crippen molar-refractivity contribution in [2.45, 2.75) is 27.7 Å². The van der Waals surface area contributed by atoms with Gasteiger partial charge in [-0.3, -0.25) is 0 Å². The van der Waals surface area contributed by atoms with Crippen molar-refractivity contribution in [2.24, 2.45) is 0 Å². The average molecular weight is 736 g/mol. The van der Waals surface area contributed by atoms with E-state index in [0.29, 0.717) is 0 Å². The van der Waals surface area contributed by atoms with Crippen LogP contribution < -0.4 is 5.32 Å². The second-order valence-corrected chi connectivity index (χ2v) is 14.4. The molecule has 0 saturated carbocycles. The van der Waals surface area contributed by atoms with Crippen molar-refractivity contribution >= 4 is 58.0 Å². The SMILES string of the molecule is C=Cc1cccc(/C(C)=C/c2cc(-c3ccc4c(c3)/C(c3ccccc3)=C\c3ccccc3/C=C\C=C\N4)ccc2C)c1/C=C\C.Cc1ccc2ccccc2c1. The maximum absolute atomic E-state index is 4.04. The van der Waals surface area contributed by atoms with Crippen LogP contribution in [0.5, 0.6) is 0 Å². The molecule has 0 bridgehead atoms. The second-order valence-electron chi connectivity index (χ2n) is 14.4. The lowest BCUT2D eigenvalue weighted by atomic mass is 9.90. The van der Waals surface area contributed by atoms with E-state index in [0.717, 1.165) is 16.8 Å². The Morgan fingerprint density at radius 2 is 1.35 bits per heavy atom. The maximum atomic E-state index is 4.04. The highest BCUT2D eigenvalue weighted by molar-refractivity contribution is 5.98. The summed E-state index contributed by atoms with van der Waals surface area (Å²) in [7, 11) is 0. The first-order valence-electron chi connectivity index (χ1n) is 19.7. The van der Waals surface area contributed by atoms with E-state index in [1.54, 1.807) is 0 Å². The molecule has 0 atom stereocenters.